The smallest absolute Gasteiger partial charge is 0.127 e. The lowest BCUT2D eigenvalue weighted by Crippen LogP contribution is -2.10. The molecule has 0 aliphatic heterocycles. The molecule has 20 heavy (non-hydrogen) atoms. The van der Waals surface area contributed by atoms with E-state index in [-0.39, 0.29) is 6.42 Å². The molecule has 106 valence electrons. The van der Waals surface area contributed by atoms with Crippen LogP contribution in [0.5, 0.6) is 0 Å². The SMILES string of the molecule is CCc1nnc(C)cc1C(O)Cc1c(F)cccc1Cl. The van der Waals surface area contributed by atoms with E-state index in [1.807, 2.05) is 6.92 Å². The lowest BCUT2D eigenvalue weighted by molar-refractivity contribution is 0.175. The minimum Gasteiger partial charge on any atom is -0.388 e. The second-order valence-electron chi connectivity index (χ2n) is 4.66. The van der Waals surface area contributed by atoms with E-state index in [4.69, 9.17) is 11.6 Å². The third kappa shape index (κ3) is 3.14. The third-order valence-electron chi connectivity index (χ3n) is 3.18. The van der Waals surface area contributed by atoms with Crippen LogP contribution in [0.1, 0.15) is 35.5 Å². The van der Waals surface area contributed by atoms with Crippen molar-refractivity contribution in [3.63, 3.8) is 0 Å². The molecule has 3 nitrogen and oxygen atoms in total. The normalized spacial score (nSPS) is 12.4. The Kier molecular flexibility index (Phi) is 4.68. The molecule has 1 atom stereocenters. The molecule has 0 amide bonds. The molecule has 1 heterocycles. The average molecular weight is 295 g/mol. The first kappa shape index (κ1) is 14.9. The molecule has 1 N–H and O–H groups in total. The van der Waals surface area contributed by atoms with Gasteiger partial charge in [-0.3, -0.25) is 0 Å². The number of rotatable bonds is 4. The Morgan fingerprint density at radius 3 is 2.75 bits per heavy atom. The van der Waals surface area contributed by atoms with Gasteiger partial charge < -0.3 is 5.11 Å². The maximum Gasteiger partial charge on any atom is 0.127 e. The van der Waals surface area contributed by atoms with E-state index in [0.717, 1.165) is 11.4 Å². The van der Waals surface area contributed by atoms with Gasteiger partial charge in [0.25, 0.3) is 0 Å². The number of aliphatic hydroxyl groups excluding tert-OH is 1. The monoisotopic (exact) mass is 294 g/mol. The molecule has 0 radical (unpaired) electrons. The molecule has 1 aromatic carbocycles. The highest BCUT2D eigenvalue weighted by Gasteiger charge is 2.18. The summed E-state index contributed by atoms with van der Waals surface area (Å²) in [5.74, 6) is -0.409. The van der Waals surface area contributed by atoms with E-state index in [0.29, 0.717) is 22.6 Å². The molecule has 0 bridgehead atoms. The van der Waals surface area contributed by atoms with E-state index in [2.05, 4.69) is 10.2 Å². The zero-order chi connectivity index (χ0) is 14.7. The van der Waals surface area contributed by atoms with Crippen LogP contribution < -0.4 is 0 Å². The Balaban J connectivity index is 2.33. The van der Waals surface area contributed by atoms with Crippen LogP contribution in [0.15, 0.2) is 24.3 Å². The Bertz CT molecular complexity index is 599. The van der Waals surface area contributed by atoms with Crippen LogP contribution >= 0.6 is 11.6 Å². The number of aliphatic hydroxyl groups is 1. The molecule has 0 saturated heterocycles. The van der Waals surface area contributed by atoms with Gasteiger partial charge in [-0.15, -0.1) is 0 Å². The largest absolute Gasteiger partial charge is 0.388 e. The van der Waals surface area contributed by atoms with Gasteiger partial charge in [0.1, 0.15) is 5.82 Å². The fourth-order valence-electron chi connectivity index (χ4n) is 2.13. The van der Waals surface area contributed by atoms with Crippen molar-refractivity contribution in [2.75, 3.05) is 0 Å². The van der Waals surface area contributed by atoms with Gasteiger partial charge in [-0.25, -0.2) is 4.39 Å². The van der Waals surface area contributed by atoms with E-state index < -0.39 is 11.9 Å². The summed E-state index contributed by atoms with van der Waals surface area (Å²) in [5.41, 5.74) is 2.43. The number of aryl methyl sites for hydroxylation is 2. The van der Waals surface area contributed by atoms with E-state index >= 15 is 0 Å². The number of aromatic nitrogens is 2. The van der Waals surface area contributed by atoms with Crippen LogP contribution in [0.3, 0.4) is 0 Å². The summed E-state index contributed by atoms with van der Waals surface area (Å²) in [5, 5.41) is 18.7. The summed E-state index contributed by atoms with van der Waals surface area (Å²) in [6.45, 7) is 3.74. The van der Waals surface area contributed by atoms with Crippen molar-refractivity contribution in [1.82, 2.24) is 10.2 Å². The highest BCUT2D eigenvalue weighted by atomic mass is 35.5. The van der Waals surface area contributed by atoms with Gasteiger partial charge in [-0.1, -0.05) is 24.6 Å². The van der Waals surface area contributed by atoms with Crippen LogP contribution in [0.25, 0.3) is 0 Å². The number of halogens is 2. The van der Waals surface area contributed by atoms with E-state index in [1.165, 1.54) is 6.07 Å². The number of benzene rings is 1. The molecular formula is C15H16ClFN2O. The van der Waals surface area contributed by atoms with E-state index in [9.17, 15) is 9.50 Å². The summed E-state index contributed by atoms with van der Waals surface area (Å²) in [6, 6.07) is 6.28. The number of hydrogen-bond donors (Lipinski definition) is 1. The van der Waals surface area contributed by atoms with Crippen LogP contribution in [0, 0.1) is 12.7 Å². The van der Waals surface area contributed by atoms with Gasteiger partial charge in [0.2, 0.25) is 0 Å². The quantitative estimate of drug-likeness (QED) is 0.940. The molecule has 2 rings (SSSR count). The summed E-state index contributed by atoms with van der Waals surface area (Å²) >= 11 is 5.99. The van der Waals surface area contributed by atoms with Gasteiger partial charge in [0.15, 0.2) is 0 Å². The first-order chi connectivity index (χ1) is 9.52. The average Bonchev–Trinajstić information content (AvgIpc) is 2.43. The van der Waals surface area contributed by atoms with Crippen molar-refractivity contribution in [2.45, 2.75) is 32.8 Å². The second kappa shape index (κ2) is 6.29. The maximum atomic E-state index is 13.8. The van der Waals surface area contributed by atoms with Crippen molar-refractivity contribution in [3.05, 3.63) is 57.6 Å². The Morgan fingerprint density at radius 1 is 1.35 bits per heavy atom. The van der Waals surface area contributed by atoms with Gasteiger partial charge >= 0.3 is 0 Å². The van der Waals surface area contributed by atoms with E-state index in [1.54, 1.807) is 25.1 Å². The highest BCUT2D eigenvalue weighted by Crippen LogP contribution is 2.27. The first-order valence-corrected chi connectivity index (χ1v) is 6.84. The zero-order valence-corrected chi connectivity index (χ0v) is 12.2. The Labute approximate surface area is 122 Å². The lowest BCUT2D eigenvalue weighted by Gasteiger charge is -2.15. The minimum absolute atomic E-state index is 0.115. The van der Waals surface area contributed by atoms with Crippen molar-refractivity contribution >= 4 is 11.6 Å². The molecule has 1 aromatic heterocycles. The molecule has 0 aliphatic rings. The predicted octanol–water partition coefficient (Wildman–Crippen LogP) is 3.42. The molecular weight excluding hydrogens is 279 g/mol. The Morgan fingerprint density at radius 2 is 2.10 bits per heavy atom. The second-order valence-corrected chi connectivity index (χ2v) is 5.07. The van der Waals surface area contributed by atoms with Gasteiger partial charge in [0, 0.05) is 22.6 Å². The molecule has 0 fully saturated rings. The summed E-state index contributed by atoms with van der Waals surface area (Å²) in [6.07, 6.45) is -0.0811. The third-order valence-corrected chi connectivity index (χ3v) is 3.53. The van der Waals surface area contributed by atoms with Gasteiger partial charge in [-0.2, -0.15) is 10.2 Å². The number of hydrogen-bond acceptors (Lipinski definition) is 3. The predicted molar refractivity (Wildman–Crippen MR) is 76.2 cm³/mol. The maximum absolute atomic E-state index is 13.8. The number of nitrogens with zero attached hydrogens (tertiary/aromatic N) is 2. The molecule has 1 unspecified atom stereocenters. The molecule has 5 heteroatoms. The van der Waals surface area contributed by atoms with Crippen molar-refractivity contribution in [2.24, 2.45) is 0 Å². The van der Waals surface area contributed by atoms with Gasteiger partial charge in [-0.05, 0) is 31.5 Å². The summed E-state index contributed by atoms with van der Waals surface area (Å²) < 4.78 is 13.8. The standard InChI is InChI=1S/C15H16ClFN2O/c1-3-14-11(7-9(2)18-19-14)15(20)8-10-12(16)5-4-6-13(10)17/h4-7,15,20H,3,8H2,1-2H3. The summed E-state index contributed by atoms with van der Waals surface area (Å²) in [4.78, 5) is 0. The highest BCUT2D eigenvalue weighted by molar-refractivity contribution is 6.31. The van der Waals surface area contributed by atoms with Crippen LogP contribution in [-0.2, 0) is 12.8 Å². The fraction of sp³-hybridized carbons (Fsp3) is 0.333. The van der Waals surface area contributed by atoms with Crippen molar-refractivity contribution in [1.29, 1.82) is 0 Å². The van der Waals surface area contributed by atoms with Crippen LogP contribution in [0.2, 0.25) is 5.02 Å². The topological polar surface area (TPSA) is 46.0 Å². The first-order valence-electron chi connectivity index (χ1n) is 6.47. The van der Waals surface area contributed by atoms with Crippen molar-refractivity contribution in [3.8, 4) is 0 Å². The van der Waals surface area contributed by atoms with Crippen LogP contribution in [-0.4, -0.2) is 15.3 Å². The van der Waals surface area contributed by atoms with Gasteiger partial charge in [0.05, 0.1) is 17.5 Å². The van der Waals surface area contributed by atoms with Crippen molar-refractivity contribution < 1.29 is 9.50 Å². The molecule has 0 saturated carbocycles. The molecule has 0 aliphatic carbocycles. The minimum atomic E-state index is -0.853. The fourth-order valence-corrected chi connectivity index (χ4v) is 2.37. The lowest BCUT2D eigenvalue weighted by atomic mass is 9.99. The Hall–Kier alpha value is -1.52. The molecule has 2 aromatic rings. The summed E-state index contributed by atoms with van der Waals surface area (Å²) in [7, 11) is 0. The zero-order valence-electron chi connectivity index (χ0n) is 11.4. The molecule has 0 spiro atoms. The van der Waals surface area contributed by atoms with Crippen LogP contribution in [0.4, 0.5) is 4.39 Å².